The molecule has 0 amide bonds. The molecular weight excluding hydrogens is 175 g/mol. The van der Waals surface area contributed by atoms with E-state index in [1.54, 1.807) is 0 Å². The zero-order valence-electron chi connectivity index (χ0n) is 6.64. The predicted octanol–water partition coefficient (Wildman–Crippen LogP) is 1.20. The van der Waals surface area contributed by atoms with E-state index in [0.717, 1.165) is 6.08 Å². The van der Waals surface area contributed by atoms with Crippen molar-refractivity contribution in [1.82, 2.24) is 0 Å². The topological polar surface area (TPSA) is 77.8 Å². The summed E-state index contributed by atoms with van der Waals surface area (Å²) in [4.78, 5) is 10.1. The second kappa shape index (κ2) is 3.62. The molecule has 0 atom stereocenters. The van der Waals surface area contributed by atoms with Crippen molar-refractivity contribution in [3.05, 3.63) is 29.8 Å². The van der Waals surface area contributed by atoms with Crippen LogP contribution in [0.3, 0.4) is 0 Å². The van der Waals surface area contributed by atoms with Crippen LogP contribution in [0.1, 0.15) is 5.56 Å². The Hall–Kier alpha value is -1.97. The Morgan fingerprint density at radius 1 is 1.23 bits per heavy atom. The lowest BCUT2D eigenvalue weighted by molar-refractivity contribution is -0.131. The number of hydrogen-bond acceptors (Lipinski definition) is 3. The van der Waals surface area contributed by atoms with Crippen LogP contribution < -0.4 is 0 Å². The fourth-order valence-electron chi connectivity index (χ4n) is 0.812. The Bertz CT molecular complexity index is 355. The zero-order chi connectivity index (χ0) is 9.84. The second-order valence-corrected chi connectivity index (χ2v) is 2.42. The Morgan fingerprint density at radius 3 is 2.46 bits per heavy atom. The van der Waals surface area contributed by atoms with Crippen LogP contribution in [-0.4, -0.2) is 21.3 Å². The molecule has 0 aliphatic rings. The fraction of sp³-hybridized carbons (Fsp3) is 0. The highest BCUT2D eigenvalue weighted by Crippen LogP contribution is 2.25. The van der Waals surface area contributed by atoms with Gasteiger partial charge in [-0.15, -0.1) is 0 Å². The first-order chi connectivity index (χ1) is 6.09. The molecule has 0 fully saturated rings. The molecule has 0 radical (unpaired) electrons. The van der Waals surface area contributed by atoms with Crippen molar-refractivity contribution in [2.45, 2.75) is 0 Å². The number of aliphatic carboxylic acids is 1. The molecule has 0 aliphatic carbocycles. The molecule has 1 aromatic carbocycles. The summed E-state index contributed by atoms with van der Waals surface area (Å²) in [5.74, 6) is -1.56. The van der Waals surface area contributed by atoms with Gasteiger partial charge in [0.05, 0.1) is 0 Å². The van der Waals surface area contributed by atoms with Gasteiger partial charge in [0.25, 0.3) is 0 Å². The summed E-state index contributed by atoms with van der Waals surface area (Å²) in [6.45, 7) is 0. The van der Waals surface area contributed by atoms with Gasteiger partial charge in [-0.25, -0.2) is 4.79 Å². The lowest BCUT2D eigenvalue weighted by atomic mass is 10.4. The van der Waals surface area contributed by atoms with Crippen LogP contribution in [-0.2, 0) is 4.79 Å². The Balaban J connectivity index is 2.92. The van der Waals surface area contributed by atoms with E-state index in [1.807, 2.05) is 0 Å². The van der Waals surface area contributed by atoms with Gasteiger partial charge in [0.1, 0.15) is 0 Å². The average Bonchev–Trinajstić information content (AvgIpc) is 2.07. The predicted molar refractivity (Wildman–Crippen MR) is 46.4 cm³/mol. The van der Waals surface area contributed by atoms with Gasteiger partial charge in [0.2, 0.25) is 0 Å². The van der Waals surface area contributed by atoms with Gasteiger partial charge in [-0.3, -0.25) is 0 Å². The van der Waals surface area contributed by atoms with Gasteiger partial charge in [-0.05, 0) is 23.8 Å². The summed E-state index contributed by atoms with van der Waals surface area (Å²) in [6, 6.07) is 4.06. The first kappa shape index (κ1) is 9.12. The quantitative estimate of drug-likeness (QED) is 0.365. The van der Waals surface area contributed by atoms with E-state index in [-0.39, 0.29) is 11.5 Å². The first-order valence-corrected chi connectivity index (χ1v) is 3.52. The van der Waals surface area contributed by atoms with E-state index < -0.39 is 5.97 Å². The number of phenolic OH excluding ortho intramolecular Hbond substituents is 2. The van der Waals surface area contributed by atoms with Crippen LogP contribution in [0.5, 0.6) is 11.5 Å². The van der Waals surface area contributed by atoms with Crippen LogP contribution in [0, 0.1) is 0 Å². The number of carboxylic acids is 1. The summed E-state index contributed by atoms with van der Waals surface area (Å²) in [6.07, 6.45) is 2.27. The second-order valence-electron chi connectivity index (χ2n) is 2.42. The van der Waals surface area contributed by atoms with Crippen molar-refractivity contribution >= 4 is 12.0 Å². The van der Waals surface area contributed by atoms with Crippen LogP contribution in [0.25, 0.3) is 6.08 Å². The standard InChI is InChI=1S/C9H8O4/c10-7-3-1-6(5-8(7)11)2-4-9(12)13/h1-5,10-11H,(H,12,13)/b4-2+/i2+1,4+1,6+1. The number of rotatable bonds is 2. The van der Waals surface area contributed by atoms with Crippen LogP contribution in [0.2, 0.25) is 0 Å². The molecule has 3 N–H and O–H groups in total. The van der Waals surface area contributed by atoms with Crippen molar-refractivity contribution in [1.29, 1.82) is 0 Å². The monoisotopic (exact) mass is 183 g/mol. The zero-order valence-corrected chi connectivity index (χ0v) is 6.64. The highest BCUT2D eigenvalue weighted by molar-refractivity contribution is 5.85. The first-order valence-electron chi connectivity index (χ1n) is 3.52. The normalized spacial score (nSPS) is 10.5. The van der Waals surface area contributed by atoms with Gasteiger partial charge < -0.3 is 15.3 Å². The summed E-state index contributed by atoms with van der Waals surface area (Å²) in [5.41, 5.74) is 0.512. The molecular formula is C9H8O4. The van der Waals surface area contributed by atoms with Crippen LogP contribution >= 0.6 is 0 Å². The van der Waals surface area contributed by atoms with E-state index in [0.29, 0.717) is 5.56 Å². The van der Waals surface area contributed by atoms with E-state index >= 15 is 0 Å². The molecule has 13 heavy (non-hydrogen) atoms. The maximum atomic E-state index is 10.1. The van der Waals surface area contributed by atoms with E-state index in [9.17, 15) is 4.79 Å². The number of phenols is 2. The van der Waals surface area contributed by atoms with Crippen molar-refractivity contribution in [2.24, 2.45) is 0 Å². The van der Waals surface area contributed by atoms with Gasteiger partial charge in [0.15, 0.2) is 11.5 Å². The third kappa shape index (κ3) is 2.52. The molecule has 0 aromatic heterocycles. The maximum Gasteiger partial charge on any atom is 0.328 e. The number of benzene rings is 1. The smallest absolute Gasteiger partial charge is 0.328 e. The molecule has 4 nitrogen and oxygen atoms in total. The van der Waals surface area contributed by atoms with Crippen LogP contribution in [0.15, 0.2) is 24.3 Å². The van der Waals surface area contributed by atoms with Crippen molar-refractivity contribution < 1.29 is 20.1 Å². The molecule has 4 heteroatoms. The van der Waals surface area contributed by atoms with Crippen molar-refractivity contribution in [3.63, 3.8) is 0 Å². The van der Waals surface area contributed by atoms with Gasteiger partial charge in [-0.1, -0.05) is 6.07 Å². The molecule has 0 saturated carbocycles. The minimum atomic E-state index is -1.06. The van der Waals surface area contributed by atoms with E-state index in [2.05, 4.69) is 0 Å². The Morgan fingerprint density at radius 2 is 1.92 bits per heavy atom. The molecule has 0 bridgehead atoms. The molecule has 0 aliphatic heterocycles. The fourth-order valence-corrected chi connectivity index (χ4v) is 0.812. The lowest BCUT2D eigenvalue weighted by Crippen LogP contribution is -1.85. The molecule has 1 rings (SSSR count). The van der Waals surface area contributed by atoms with E-state index in [4.69, 9.17) is 15.3 Å². The minimum absolute atomic E-state index is 0.229. The van der Waals surface area contributed by atoms with E-state index in [1.165, 1.54) is 24.3 Å². The highest BCUT2D eigenvalue weighted by atomic mass is 16.4. The lowest BCUT2D eigenvalue weighted by Gasteiger charge is -1.97. The largest absolute Gasteiger partial charge is 0.504 e. The van der Waals surface area contributed by atoms with Gasteiger partial charge in [-0.2, -0.15) is 0 Å². The molecule has 0 unspecified atom stereocenters. The maximum absolute atomic E-state index is 10.1. The number of hydrogen-bond donors (Lipinski definition) is 3. The highest BCUT2D eigenvalue weighted by Gasteiger charge is 1.97. The molecule has 0 heterocycles. The molecule has 0 saturated heterocycles. The van der Waals surface area contributed by atoms with Crippen molar-refractivity contribution in [3.8, 4) is 11.5 Å². The molecule has 1 aromatic rings. The molecule has 0 spiro atoms. The number of aromatic hydroxyl groups is 2. The number of carbonyl (C=O) groups is 1. The Kier molecular flexibility index (Phi) is 2.54. The third-order valence-corrected chi connectivity index (χ3v) is 1.42. The van der Waals surface area contributed by atoms with Gasteiger partial charge in [0, 0.05) is 6.08 Å². The number of carboxylic acid groups (broad SMARTS) is 1. The van der Waals surface area contributed by atoms with Crippen molar-refractivity contribution in [2.75, 3.05) is 0 Å². The summed E-state index contributed by atoms with van der Waals surface area (Å²) < 4.78 is 0. The van der Waals surface area contributed by atoms with Crippen LogP contribution in [0.4, 0.5) is 0 Å². The van der Waals surface area contributed by atoms with Gasteiger partial charge >= 0.3 is 5.97 Å². The summed E-state index contributed by atoms with van der Waals surface area (Å²) >= 11 is 0. The SMILES string of the molecule is O=C(O)/[13CH]=[13CH]/[13c]1ccc(O)c(O)c1. The average molecular weight is 183 g/mol. The third-order valence-electron chi connectivity index (χ3n) is 1.42. The Labute approximate surface area is 74.4 Å². The molecule has 68 valence electrons. The minimum Gasteiger partial charge on any atom is -0.504 e. The summed E-state index contributed by atoms with van der Waals surface area (Å²) in [7, 11) is 0. The summed E-state index contributed by atoms with van der Waals surface area (Å²) in [5, 5.41) is 26.3.